The lowest BCUT2D eigenvalue weighted by molar-refractivity contribution is -0.110. The summed E-state index contributed by atoms with van der Waals surface area (Å²) in [5, 5.41) is 14.3. The molecule has 72 valence electrons. The van der Waals surface area contributed by atoms with Crippen LogP contribution >= 0.6 is 0 Å². The maximum Gasteiger partial charge on any atom is 0.278 e. The summed E-state index contributed by atoms with van der Waals surface area (Å²) in [4.78, 5) is 11.3. The van der Waals surface area contributed by atoms with Crippen molar-refractivity contribution in [3.05, 3.63) is 28.8 Å². The van der Waals surface area contributed by atoms with E-state index in [0.29, 0.717) is 5.56 Å². The van der Waals surface area contributed by atoms with Crippen LogP contribution in [-0.4, -0.2) is 16.8 Å². The second-order valence-corrected chi connectivity index (χ2v) is 3.33. The lowest BCUT2D eigenvalue weighted by Crippen LogP contribution is -2.14. The summed E-state index contributed by atoms with van der Waals surface area (Å²) in [6.45, 7) is 3.89. The molecule has 2 N–H and O–H groups in total. The highest BCUT2D eigenvalue weighted by Gasteiger charge is 2.27. The van der Waals surface area contributed by atoms with Gasteiger partial charge in [0.2, 0.25) is 0 Å². The molecule has 1 aromatic carbocycles. The summed E-state index contributed by atoms with van der Waals surface area (Å²) >= 11 is 0. The van der Waals surface area contributed by atoms with E-state index < -0.39 is 0 Å². The van der Waals surface area contributed by atoms with Crippen molar-refractivity contribution in [2.45, 2.75) is 13.8 Å². The zero-order valence-electron chi connectivity index (χ0n) is 7.96. The number of benzene rings is 1. The lowest BCUT2D eigenvalue weighted by Gasteiger charge is -2.05. The minimum atomic E-state index is -0.351. The average molecular weight is 190 g/mol. The maximum atomic E-state index is 11.3. The fourth-order valence-corrected chi connectivity index (χ4v) is 1.57. The zero-order chi connectivity index (χ0) is 10.3. The van der Waals surface area contributed by atoms with Gasteiger partial charge in [-0.2, -0.15) is 0 Å². The van der Waals surface area contributed by atoms with Crippen molar-refractivity contribution in [1.82, 2.24) is 0 Å². The van der Waals surface area contributed by atoms with Crippen LogP contribution in [0.5, 0.6) is 0 Å². The van der Waals surface area contributed by atoms with Crippen molar-refractivity contribution >= 4 is 17.3 Å². The number of nitrogens with zero attached hydrogens (tertiary/aromatic N) is 1. The number of hydrogen-bond acceptors (Lipinski definition) is 3. The van der Waals surface area contributed by atoms with Crippen LogP contribution in [0.15, 0.2) is 17.3 Å². The number of carbonyl (C=O) groups excluding carboxylic acids is 1. The standard InChI is InChI=1S/C10H10N2O2/c1-5-3-4-7-8(6(5)2)11-10(13)9(7)12-14/h3-4,14H,1-2H3,(H,11,12,13). The molecule has 0 radical (unpaired) electrons. The van der Waals surface area contributed by atoms with Gasteiger partial charge in [-0.15, -0.1) is 0 Å². The Morgan fingerprint density at radius 1 is 1.36 bits per heavy atom. The van der Waals surface area contributed by atoms with Crippen molar-refractivity contribution in [2.75, 3.05) is 5.32 Å². The number of rotatable bonds is 0. The molecular formula is C10H10N2O2. The molecule has 14 heavy (non-hydrogen) atoms. The summed E-state index contributed by atoms with van der Waals surface area (Å²) in [5.41, 5.74) is 3.62. The summed E-state index contributed by atoms with van der Waals surface area (Å²) in [6.07, 6.45) is 0. The highest BCUT2D eigenvalue weighted by molar-refractivity contribution is 6.53. The summed E-state index contributed by atoms with van der Waals surface area (Å²) in [6, 6.07) is 3.68. The molecule has 0 unspecified atom stereocenters. The van der Waals surface area contributed by atoms with Crippen molar-refractivity contribution in [1.29, 1.82) is 0 Å². The normalized spacial score (nSPS) is 17.0. The van der Waals surface area contributed by atoms with Crippen LogP contribution in [-0.2, 0) is 4.79 Å². The minimum Gasteiger partial charge on any atom is -0.410 e. The molecule has 1 heterocycles. The molecule has 0 aliphatic carbocycles. The molecule has 1 amide bonds. The third-order valence-corrected chi connectivity index (χ3v) is 2.54. The largest absolute Gasteiger partial charge is 0.410 e. The second-order valence-electron chi connectivity index (χ2n) is 3.33. The van der Waals surface area contributed by atoms with Crippen LogP contribution in [0, 0.1) is 13.8 Å². The van der Waals surface area contributed by atoms with Crippen LogP contribution in [0.3, 0.4) is 0 Å². The smallest absolute Gasteiger partial charge is 0.278 e. The van der Waals surface area contributed by atoms with Crippen molar-refractivity contribution in [2.24, 2.45) is 5.16 Å². The van der Waals surface area contributed by atoms with Gasteiger partial charge in [-0.25, -0.2) is 0 Å². The highest BCUT2D eigenvalue weighted by atomic mass is 16.4. The lowest BCUT2D eigenvalue weighted by atomic mass is 10.0. The van der Waals surface area contributed by atoms with Gasteiger partial charge in [-0.3, -0.25) is 4.79 Å². The first kappa shape index (κ1) is 8.74. The molecule has 2 rings (SSSR count). The SMILES string of the molecule is Cc1ccc2c(c1C)NC(=O)C2=NO. The van der Waals surface area contributed by atoms with Crippen LogP contribution in [0.1, 0.15) is 16.7 Å². The van der Waals surface area contributed by atoms with E-state index in [1.54, 1.807) is 6.07 Å². The molecular weight excluding hydrogens is 180 g/mol. The molecule has 4 nitrogen and oxygen atoms in total. The number of aryl methyl sites for hydroxylation is 1. The zero-order valence-corrected chi connectivity index (χ0v) is 7.96. The van der Waals surface area contributed by atoms with Gasteiger partial charge >= 0.3 is 0 Å². The third kappa shape index (κ3) is 1.00. The number of hydrogen-bond donors (Lipinski definition) is 2. The van der Waals surface area contributed by atoms with Gasteiger partial charge in [-0.05, 0) is 25.0 Å². The Morgan fingerprint density at radius 2 is 2.07 bits per heavy atom. The summed E-state index contributed by atoms with van der Waals surface area (Å²) < 4.78 is 0. The van der Waals surface area contributed by atoms with Gasteiger partial charge in [0.1, 0.15) is 0 Å². The number of fused-ring (bicyclic) bond motifs is 1. The first-order chi connectivity index (χ1) is 6.65. The summed E-state index contributed by atoms with van der Waals surface area (Å²) in [5.74, 6) is -0.351. The van der Waals surface area contributed by atoms with Crippen LogP contribution in [0.25, 0.3) is 0 Å². The molecule has 0 saturated heterocycles. The van der Waals surface area contributed by atoms with Gasteiger partial charge < -0.3 is 10.5 Å². The minimum absolute atomic E-state index is 0.0862. The van der Waals surface area contributed by atoms with Gasteiger partial charge in [-0.1, -0.05) is 17.3 Å². The fraction of sp³-hybridized carbons (Fsp3) is 0.200. The molecule has 0 spiro atoms. The predicted molar refractivity (Wildman–Crippen MR) is 52.9 cm³/mol. The van der Waals surface area contributed by atoms with E-state index in [4.69, 9.17) is 5.21 Å². The summed E-state index contributed by atoms with van der Waals surface area (Å²) in [7, 11) is 0. The molecule has 0 saturated carbocycles. The van der Waals surface area contributed by atoms with Gasteiger partial charge in [0, 0.05) is 5.56 Å². The van der Waals surface area contributed by atoms with E-state index in [-0.39, 0.29) is 11.6 Å². The Bertz CT molecular complexity index is 450. The third-order valence-electron chi connectivity index (χ3n) is 2.54. The first-order valence-electron chi connectivity index (χ1n) is 4.29. The highest BCUT2D eigenvalue weighted by Crippen LogP contribution is 2.29. The van der Waals surface area contributed by atoms with E-state index in [1.807, 2.05) is 19.9 Å². The molecule has 1 aliphatic heterocycles. The van der Waals surface area contributed by atoms with Crippen LogP contribution in [0.2, 0.25) is 0 Å². The molecule has 0 bridgehead atoms. The molecule has 1 aromatic rings. The maximum absolute atomic E-state index is 11.3. The van der Waals surface area contributed by atoms with Gasteiger partial charge in [0.05, 0.1) is 5.69 Å². The molecule has 0 fully saturated rings. The fourth-order valence-electron chi connectivity index (χ4n) is 1.57. The average Bonchev–Trinajstić information content (AvgIpc) is 2.49. The van der Waals surface area contributed by atoms with Crippen LogP contribution in [0.4, 0.5) is 5.69 Å². The number of amides is 1. The predicted octanol–water partition coefficient (Wildman–Crippen LogP) is 1.43. The number of anilines is 1. The quantitative estimate of drug-likeness (QED) is 0.480. The molecule has 1 aliphatic rings. The Kier molecular flexibility index (Phi) is 1.77. The van der Waals surface area contributed by atoms with Gasteiger partial charge in [0.25, 0.3) is 5.91 Å². The number of nitrogens with one attached hydrogen (secondary N) is 1. The van der Waals surface area contributed by atoms with Crippen molar-refractivity contribution in [3.8, 4) is 0 Å². The Morgan fingerprint density at radius 3 is 2.71 bits per heavy atom. The molecule has 4 heteroatoms. The monoisotopic (exact) mass is 190 g/mol. The van der Waals surface area contributed by atoms with E-state index in [9.17, 15) is 4.79 Å². The topological polar surface area (TPSA) is 61.7 Å². The Hall–Kier alpha value is -1.84. The Balaban J connectivity index is 2.70. The Labute approximate surface area is 81.2 Å². The number of oxime groups is 1. The molecule has 0 aromatic heterocycles. The first-order valence-corrected chi connectivity index (χ1v) is 4.29. The van der Waals surface area contributed by atoms with E-state index in [2.05, 4.69) is 10.5 Å². The number of carbonyl (C=O) groups is 1. The van der Waals surface area contributed by atoms with Crippen molar-refractivity contribution in [3.63, 3.8) is 0 Å². The van der Waals surface area contributed by atoms with Crippen LogP contribution < -0.4 is 5.32 Å². The van der Waals surface area contributed by atoms with Gasteiger partial charge in [0.15, 0.2) is 5.71 Å². The van der Waals surface area contributed by atoms with E-state index in [1.165, 1.54) is 0 Å². The van der Waals surface area contributed by atoms with Crippen molar-refractivity contribution < 1.29 is 10.0 Å². The van der Waals surface area contributed by atoms with E-state index >= 15 is 0 Å². The molecule has 0 atom stereocenters. The second kappa shape index (κ2) is 2.83. The van der Waals surface area contributed by atoms with E-state index in [0.717, 1.165) is 16.8 Å².